The third kappa shape index (κ3) is 1.10. The number of hydrogen-bond donors (Lipinski definition) is 0. The third-order valence-corrected chi connectivity index (χ3v) is 3.99. The lowest BCUT2D eigenvalue weighted by Crippen LogP contribution is -2.41. The van der Waals surface area contributed by atoms with Gasteiger partial charge in [-0.2, -0.15) is 0 Å². The average Bonchev–Trinajstić information content (AvgIpc) is 2.07. The Morgan fingerprint density at radius 3 is 2.75 bits per heavy atom. The predicted octanol–water partition coefficient (Wildman–Crippen LogP) is 2.94. The first-order valence-corrected chi connectivity index (χ1v) is 5.27. The van der Waals surface area contributed by atoms with Gasteiger partial charge in [-0.1, -0.05) is 19.8 Å². The maximum atomic E-state index is 11.8. The summed E-state index contributed by atoms with van der Waals surface area (Å²) in [6, 6.07) is 0. The minimum absolute atomic E-state index is 0.0938. The molecule has 2 saturated carbocycles. The predicted molar refractivity (Wildman–Crippen MR) is 48.9 cm³/mol. The van der Waals surface area contributed by atoms with Gasteiger partial charge in [-0.25, -0.2) is 0 Å². The smallest absolute Gasteiger partial charge is 0.139 e. The SMILES string of the molecule is C[C@]12CCCC[C@@H]1CCCC2=O. The monoisotopic (exact) mass is 166 g/mol. The molecule has 0 N–H and O–H groups in total. The summed E-state index contributed by atoms with van der Waals surface area (Å²) < 4.78 is 0. The Balaban J connectivity index is 2.20. The summed E-state index contributed by atoms with van der Waals surface area (Å²) in [6.45, 7) is 2.21. The molecule has 0 aromatic rings. The van der Waals surface area contributed by atoms with Gasteiger partial charge in [-0.05, 0) is 31.6 Å². The Bertz CT molecular complexity index is 195. The van der Waals surface area contributed by atoms with Gasteiger partial charge in [0.05, 0.1) is 0 Å². The molecule has 0 bridgehead atoms. The number of rotatable bonds is 0. The summed E-state index contributed by atoms with van der Waals surface area (Å²) >= 11 is 0. The van der Waals surface area contributed by atoms with Crippen LogP contribution in [0.4, 0.5) is 0 Å². The van der Waals surface area contributed by atoms with E-state index < -0.39 is 0 Å². The minimum Gasteiger partial charge on any atom is -0.299 e. The van der Waals surface area contributed by atoms with E-state index in [1.54, 1.807) is 0 Å². The molecule has 0 aromatic carbocycles. The highest BCUT2D eigenvalue weighted by Crippen LogP contribution is 2.47. The first kappa shape index (κ1) is 8.28. The van der Waals surface area contributed by atoms with Gasteiger partial charge in [-0.3, -0.25) is 4.79 Å². The van der Waals surface area contributed by atoms with E-state index in [0.29, 0.717) is 5.78 Å². The molecule has 2 aliphatic rings. The number of carbonyl (C=O) groups is 1. The summed E-state index contributed by atoms with van der Waals surface area (Å²) in [7, 11) is 0. The van der Waals surface area contributed by atoms with Crippen molar-refractivity contribution in [2.75, 3.05) is 0 Å². The van der Waals surface area contributed by atoms with Crippen LogP contribution in [0.2, 0.25) is 0 Å². The normalized spacial score (nSPS) is 42.4. The molecule has 0 spiro atoms. The quantitative estimate of drug-likeness (QED) is 0.540. The molecule has 2 atom stereocenters. The largest absolute Gasteiger partial charge is 0.299 e. The molecular weight excluding hydrogens is 148 g/mol. The van der Waals surface area contributed by atoms with Gasteiger partial charge in [0, 0.05) is 11.8 Å². The molecule has 0 aromatic heterocycles. The van der Waals surface area contributed by atoms with Gasteiger partial charge < -0.3 is 0 Å². The first-order valence-electron chi connectivity index (χ1n) is 5.27. The van der Waals surface area contributed by atoms with Crippen molar-refractivity contribution in [3.05, 3.63) is 0 Å². The lowest BCUT2D eigenvalue weighted by molar-refractivity contribution is -0.136. The number of ketones is 1. The molecule has 2 rings (SSSR count). The maximum absolute atomic E-state index is 11.8. The van der Waals surface area contributed by atoms with Crippen LogP contribution in [0.1, 0.15) is 51.9 Å². The third-order valence-electron chi connectivity index (χ3n) is 3.99. The maximum Gasteiger partial charge on any atom is 0.139 e. The molecule has 0 saturated heterocycles. The standard InChI is InChI=1S/C11H18O/c1-11-8-3-2-5-9(11)6-4-7-10(11)12/h9H,2-8H2,1H3/t9-,11+/m1/s1. The minimum atomic E-state index is 0.0938. The molecule has 2 fully saturated rings. The first-order chi connectivity index (χ1) is 5.73. The van der Waals surface area contributed by atoms with E-state index in [0.717, 1.165) is 25.2 Å². The number of fused-ring (bicyclic) bond motifs is 1. The molecular formula is C11H18O. The number of carbonyl (C=O) groups excluding carboxylic acids is 1. The summed E-state index contributed by atoms with van der Waals surface area (Å²) in [5.74, 6) is 1.28. The van der Waals surface area contributed by atoms with Crippen LogP contribution in [0.15, 0.2) is 0 Å². The Kier molecular flexibility index (Phi) is 1.97. The number of Topliss-reactive ketones (excluding diaryl/α,β-unsaturated/α-hetero) is 1. The molecule has 0 amide bonds. The highest BCUT2D eigenvalue weighted by Gasteiger charge is 2.43. The average molecular weight is 166 g/mol. The van der Waals surface area contributed by atoms with E-state index in [-0.39, 0.29) is 5.41 Å². The van der Waals surface area contributed by atoms with E-state index in [4.69, 9.17) is 0 Å². The summed E-state index contributed by atoms with van der Waals surface area (Å²) in [6.07, 6.45) is 8.42. The zero-order valence-corrected chi connectivity index (χ0v) is 7.94. The fraction of sp³-hybridized carbons (Fsp3) is 0.909. The second kappa shape index (κ2) is 2.86. The van der Waals surface area contributed by atoms with Crippen molar-refractivity contribution < 1.29 is 4.79 Å². The van der Waals surface area contributed by atoms with E-state index in [1.165, 1.54) is 25.7 Å². The zero-order chi connectivity index (χ0) is 8.60. The van der Waals surface area contributed by atoms with Gasteiger partial charge in [0.2, 0.25) is 0 Å². The Morgan fingerprint density at radius 2 is 2.00 bits per heavy atom. The molecule has 0 radical (unpaired) electrons. The number of hydrogen-bond acceptors (Lipinski definition) is 1. The van der Waals surface area contributed by atoms with Crippen LogP contribution in [0.25, 0.3) is 0 Å². The fourth-order valence-electron chi connectivity index (χ4n) is 3.03. The van der Waals surface area contributed by atoms with Crippen molar-refractivity contribution in [1.29, 1.82) is 0 Å². The van der Waals surface area contributed by atoms with Crippen molar-refractivity contribution in [3.8, 4) is 0 Å². The van der Waals surface area contributed by atoms with Crippen molar-refractivity contribution in [3.63, 3.8) is 0 Å². The lowest BCUT2D eigenvalue weighted by Gasteiger charge is -2.43. The zero-order valence-electron chi connectivity index (χ0n) is 7.94. The molecule has 68 valence electrons. The van der Waals surface area contributed by atoms with Gasteiger partial charge in [0.25, 0.3) is 0 Å². The molecule has 1 heteroatoms. The fourth-order valence-corrected chi connectivity index (χ4v) is 3.03. The summed E-state index contributed by atoms with van der Waals surface area (Å²) in [5.41, 5.74) is 0.0938. The van der Waals surface area contributed by atoms with Crippen LogP contribution in [-0.2, 0) is 4.79 Å². The van der Waals surface area contributed by atoms with E-state index in [2.05, 4.69) is 6.92 Å². The van der Waals surface area contributed by atoms with Crippen molar-refractivity contribution in [1.82, 2.24) is 0 Å². The molecule has 0 aliphatic heterocycles. The Morgan fingerprint density at radius 1 is 1.25 bits per heavy atom. The molecule has 0 unspecified atom stereocenters. The van der Waals surface area contributed by atoms with Crippen LogP contribution >= 0.6 is 0 Å². The van der Waals surface area contributed by atoms with Crippen LogP contribution < -0.4 is 0 Å². The topological polar surface area (TPSA) is 17.1 Å². The Labute approximate surface area is 74.5 Å². The van der Waals surface area contributed by atoms with Crippen LogP contribution in [0, 0.1) is 11.3 Å². The van der Waals surface area contributed by atoms with Crippen molar-refractivity contribution >= 4 is 5.78 Å². The summed E-state index contributed by atoms with van der Waals surface area (Å²) in [5, 5.41) is 0. The van der Waals surface area contributed by atoms with Gasteiger partial charge in [0.1, 0.15) is 5.78 Å². The molecule has 0 heterocycles. The van der Waals surface area contributed by atoms with E-state index >= 15 is 0 Å². The highest BCUT2D eigenvalue weighted by molar-refractivity contribution is 5.85. The van der Waals surface area contributed by atoms with E-state index in [1.807, 2.05) is 0 Å². The Hall–Kier alpha value is -0.330. The molecule has 2 aliphatic carbocycles. The van der Waals surface area contributed by atoms with Crippen LogP contribution in [-0.4, -0.2) is 5.78 Å². The van der Waals surface area contributed by atoms with Gasteiger partial charge in [-0.15, -0.1) is 0 Å². The van der Waals surface area contributed by atoms with Crippen molar-refractivity contribution in [2.24, 2.45) is 11.3 Å². The second-order valence-electron chi connectivity index (χ2n) is 4.68. The molecule has 12 heavy (non-hydrogen) atoms. The van der Waals surface area contributed by atoms with Gasteiger partial charge >= 0.3 is 0 Å². The van der Waals surface area contributed by atoms with Gasteiger partial charge in [0.15, 0.2) is 0 Å². The van der Waals surface area contributed by atoms with Crippen LogP contribution in [0.5, 0.6) is 0 Å². The van der Waals surface area contributed by atoms with E-state index in [9.17, 15) is 4.79 Å². The molecule has 1 nitrogen and oxygen atoms in total. The summed E-state index contributed by atoms with van der Waals surface area (Å²) in [4.78, 5) is 11.8. The van der Waals surface area contributed by atoms with Crippen LogP contribution in [0.3, 0.4) is 0 Å². The lowest BCUT2D eigenvalue weighted by atomic mass is 9.60. The second-order valence-corrected chi connectivity index (χ2v) is 4.68. The highest BCUT2D eigenvalue weighted by atomic mass is 16.1. The van der Waals surface area contributed by atoms with Crippen molar-refractivity contribution in [2.45, 2.75) is 51.9 Å².